The van der Waals surface area contributed by atoms with Crippen molar-refractivity contribution in [1.29, 1.82) is 0 Å². The number of aromatic nitrogens is 3. The van der Waals surface area contributed by atoms with Crippen molar-refractivity contribution in [2.75, 3.05) is 14.1 Å². The third kappa shape index (κ3) is 4.23. The fraction of sp³-hybridized carbons (Fsp3) is 0.375. The summed E-state index contributed by atoms with van der Waals surface area (Å²) in [4.78, 5) is 18.9. The van der Waals surface area contributed by atoms with Gasteiger partial charge in [-0.1, -0.05) is 6.07 Å². The van der Waals surface area contributed by atoms with Gasteiger partial charge < -0.3 is 10.0 Å². The van der Waals surface area contributed by atoms with Gasteiger partial charge in [-0.3, -0.25) is 14.5 Å². The molecular formula is C24H27FN4O2. The number of aliphatic hydroxyl groups excluding tert-OH is 1. The zero-order chi connectivity index (χ0) is 22.1. The first-order chi connectivity index (χ1) is 14.8. The van der Waals surface area contributed by atoms with Gasteiger partial charge in [0.25, 0.3) is 5.91 Å². The lowest BCUT2D eigenvalue weighted by Crippen LogP contribution is -2.24. The first-order valence-corrected chi connectivity index (χ1v) is 10.6. The zero-order valence-corrected chi connectivity index (χ0v) is 18.0. The Kier molecular flexibility index (Phi) is 5.87. The maximum absolute atomic E-state index is 13.8. The minimum absolute atomic E-state index is 0.134. The van der Waals surface area contributed by atoms with Crippen molar-refractivity contribution >= 4 is 5.91 Å². The van der Waals surface area contributed by atoms with Crippen molar-refractivity contribution in [1.82, 2.24) is 19.7 Å². The molecule has 1 aliphatic rings. The molecule has 1 saturated carbocycles. The molecule has 1 unspecified atom stereocenters. The number of aliphatic hydroxyl groups is 1. The Morgan fingerprint density at radius 3 is 2.71 bits per heavy atom. The molecule has 162 valence electrons. The van der Waals surface area contributed by atoms with E-state index in [2.05, 4.69) is 10.1 Å². The van der Waals surface area contributed by atoms with Gasteiger partial charge in [0.1, 0.15) is 5.82 Å². The van der Waals surface area contributed by atoms with Crippen LogP contribution >= 0.6 is 0 Å². The molecule has 0 bridgehead atoms. The van der Waals surface area contributed by atoms with Gasteiger partial charge in [-0.2, -0.15) is 5.10 Å². The van der Waals surface area contributed by atoms with E-state index in [0.717, 1.165) is 24.0 Å². The van der Waals surface area contributed by atoms with Gasteiger partial charge in [0.15, 0.2) is 5.69 Å². The largest absolute Gasteiger partial charge is 0.389 e. The summed E-state index contributed by atoms with van der Waals surface area (Å²) in [6.45, 7) is 1.61. The fourth-order valence-electron chi connectivity index (χ4n) is 3.91. The van der Waals surface area contributed by atoms with E-state index in [4.69, 9.17) is 0 Å². The molecule has 4 rings (SSSR count). The first kappa shape index (κ1) is 21.2. The van der Waals surface area contributed by atoms with Crippen LogP contribution in [0.4, 0.5) is 4.39 Å². The first-order valence-electron chi connectivity index (χ1n) is 10.6. The average Bonchev–Trinajstić information content (AvgIpc) is 3.09. The summed E-state index contributed by atoms with van der Waals surface area (Å²) >= 11 is 0. The van der Waals surface area contributed by atoms with Crippen molar-refractivity contribution in [3.05, 3.63) is 70.9 Å². The number of halogens is 1. The molecule has 1 amide bonds. The standard InChI is InChI=1S/C24H27FN4O2/c1-15(30)21-13-18(25)9-10-20(21)22-16(6-5-11-26-22)12-17-14-29(19-7-4-8-19)27-23(17)24(31)28(2)3/h5-6,9-11,13-15,19,30H,4,7-8,12H2,1-3H3. The highest BCUT2D eigenvalue weighted by Crippen LogP contribution is 2.34. The summed E-state index contributed by atoms with van der Waals surface area (Å²) in [7, 11) is 3.44. The Hall–Kier alpha value is -3.06. The molecule has 1 atom stereocenters. The van der Waals surface area contributed by atoms with Crippen molar-refractivity contribution in [2.45, 2.75) is 44.8 Å². The lowest BCUT2D eigenvalue weighted by atomic mass is 9.93. The van der Waals surface area contributed by atoms with Gasteiger partial charge in [-0.25, -0.2) is 4.39 Å². The Bertz CT molecular complexity index is 1100. The minimum Gasteiger partial charge on any atom is -0.389 e. The van der Waals surface area contributed by atoms with Gasteiger partial charge in [0.05, 0.1) is 17.8 Å². The SMILES string of the molecule is CC(O)c1cc(F)ccc1-c1ncccc1Cc1cn(C2CCC2)nc1C(=O)N(C)C. The summed E-state index contributed by atoms with van der Waals surface area (Å²) in [6.07, 6.45) is 6.59. The van der Waals surface area contributed by atoms with Crippen molar-refractivity contribution in [3.63, 3.8) is 0 Å². The number of carbonyl (C=O) groups excluding carboxylic acids is 1. The molecule has 0 radical (unpaired) electrons. The molecule has 3 aromatic rings. The van der Waals surface area contributed by atoms with Crippen LogP contribution in [-0.4, -0.2) is 44.8 Å². The number of hydrogen-bond acceptors (Lipinski definition) is 4. The summed E-state index contributed by atoms with van der Waals surface area (Å²) in [5.41, 5.74) is 3.99. The zero-order valence-electron chi connectivity index (χ0n) is 18.0. The molecule has 1 aromatic carbocycles. The predicted octanol–water partition coefficient (Wildman–Crippen LogP) is 4.16. The Balaban J connectivity index is 1.77. The molecule has 2 aromatic heterocycles. The van der Waals surface area contributed by atoms with E-state index in [1.165, 1.54) is 23.5 Å². The fourth-order valence-corrected chi connectivity index (χ4v) is 3.91. The number of hydrogen-bond donors (Lipinski definition) is 1. The molecule has 0 spiro atoms. The molecule has 1 aliphatic carbocycles. The smallest absolute Gasteiger partial charge is 0.274 e. The van der Waals surface area contributed by atoms with E-state index < -0.39 is 11.9 Å². The molecule has 1 fully saturated rings. The van der Waals surface area contributed by atoms with Crippen LogP contribution in [-0.2, 0) is 6.42 Å². The van der Waals surface area contributed by atoms with Crippen molar-refractivity contribution in [2.24, 2.45) is 0 Å². The van der Waals surface area contributed by atoms with E-state index in [0.29, 0.717) is 35.0 Å². The highest BCUT2D eigenvalue weighted by Gasteiger charge is 2.26. The van der Waals surface area contributed by atoms with Gasteiger partial charge in [-0.15, -0.1) is 0 Å². The molecule has 6 nitrogen and oxygen atoms in total. The minimum atomic E-state index is -0.840. The van der Waals surface area contributed by atoms with Crippen LogP contribution in [0.1, 0.15) is 65.5 Å². The van der Waals surface area contributed by atoms with Crippen LogP contribution in [0.25, 0.3) is 11.3 Å². The van der Waals surface area contributed by atoms with E-state index >= 15 is 0 Å². The molecular weight excluding hydrogens is 395 g/mol. The van der Waals surface area contributed by atoms with Crippen LogP contribution in [0.15, 0.2) is 42.7 Å². The highest BCUT2D eigenvalue weighted by molar-refractivity contribution is 5.93. The second kappa shape index (κ2) is 8.59. The van der Waals surface area contributed by atoms with Crippen LogP contribution in [0.5, 0.6) is 0 Å². The van der Waals surface area contributed by atoms with Gasteiger partial charge in [0.2, 0.25) is 0 Å². The van der Waals surface area contributed by atoms with Gasteiger partial charge in [0, 0.05) is 44.0 Å². The maximum Gasteiger partial charge on any atom is 0.274 e. The Morgan fingerprint density at radius 1 is 1.29 bits per heavy atom. The molecule has 7 heteroatoms. The van der Waals surface area contributed by atoms with Crippen molar-refractivity contribution in [3.8, 4) is 11.3 Å². The van der Waals surface area contributed by atoms with E-state index in [1.54, 1.807) is 33.3 Å². The summed E-state index contributed by atoms with van der Waals surface area (Å²) in [5.74, 6) is -0.539. The predicted molar refractivity (Wildman–Crippen MR) is 116 cm³/mol. The Labute approximate surface area is 181 Å². The second-order valence-corrected chi connectivity index (χ2v) is 8.36. The molecule has 0 saturated heterocycles. The monoisotopic (exact) mass is 422 g/mol. The molecule has 1 N–H and O–H groups in total. The van der Waals surface area contributed by atoms with Crippen molar-refractivity contribution < 1.29 is 14.3 Å². The summed E-state index contributed by atoms with van der Waals surface area (Å²) < 4.78 is 15.7. The number of pyridine rings is 1. The number of nitrogens with zero attached hydrogens (tertiary/aromatic N) is 4. The van der Waals surface area contributed by atoms with Crippen LogP contribution in [0.2, 0.25) is 0 Å². The van der Waals surface area contributed by atoms with Crippen LogP contribution in [0, 0.1) is 5.82 Å². The number of rotatable bonds is 6. The molecule has 0 aliphatic heterocycles. The van der Waals surface area contributed by atoms with E-state index in [1.807, 2.05) is 23.0 Å². The molecule has 31 heavy (non-hydrogen) atoms. The highest BCUT2D eigenvalue weighted by atomic mass is 19.1. The van der Waals surface area contributed by atoms with Crippen LogP contribution in [0.3, 0.4) is 0 Å². The van der Waals surface area contributed by atoms with Crippen LogP contribution < -0.4 is 0 Å². The number of benzene rings is 1. The summed E-state index contributed by atoms with van der Waals surface area (Å²) in [5, 5.41) is 14.8. The van der Waals surface area contributed by atoms with E-state index in [-0.39, 0.29) is 5.91 Å². The Morgan fingerprint density at radius 2 is 2.06 bits per heavy atom. The second-order valence-electron chi connectivity index (χ2n) is 8.36. The normalized spacial score (nSPS) is 14.9. The number of amides is 1. The van der Waals surface area contributed by atoms with Gasteiger partial charge in [-0.05, 0) is 61.6 Å². The lowest BCUT2D eigenvalue weighted by molar-refractivity contribution is 0.0819. The number of carbonyl (C=O) groups is 1. The maximum atomic E-state index is 13.8. The third-order valence-electron chi connectivity index (χ3n) is 5.86. The quantitative estimate of drug-likeness (QED) is 0.648. The molecule has 2 heterocycles. The summed E-state index contributed by atoms with van der Waals surface area (Å²) in [6, 6.07) is 8.49. The lowest BCUT2D eigenvalue weighted by Gasteiger charge is -2.25. The third-order valence-corrected chi connectivity index (χ3v) is 5.86. The van der Waals surface area contributed by atoms with Gasteiger partial charge >= 0.3 is 0 Å². The average molecular weight is 423 g/mol. The van der Waals surface area contributed by atoms with E-state index in [9.17, 15) is 14.3 Å². The topological polar surface area (TPSA) is 71.2 Å².